The first-order chi connectivity index (χ1) is 10.4. The Bertz CT molecular complexity index is 551. The van der Waals surface area contributed by atoms with Gasteiger partial charge in [0.05, 0.1) is 6.54 Å². The maximum Gasteiger partial charge on any atom is 0.517 e. The van der Waals surface area contributed by atoms with Crippen LogP contribution in [0.15, 0.2) is 29.3 Å². The van der Waals surface area contributed by atoms with Crippen LogP contribution in [-0.2, 0) is 20.8 Å². The summed E-state index contributed by atoms with van der Waals surface area (Å²) in [7, 11) is 0. The minimum absolute atomic E-state index is 0.122. The first-order valence-electron chi connectivity index (χ1n) is 7.43. The Balaban J connectivity index is 2.80. The average Bonchev–Trinajstić information content (AvgIpc) is 2.33. The van der Waals surface area contributed by atoms with E-state index >= 15 is 0 Å². The lowest BCUT2D eigenvalue weighted by Crippen LogP contribution is -2.30. The molecule has 6 nitrogen and oxygen atoms in total. The monoisotopic (exact) mass is 322 g/mol. The van der Waals surface area contributed by atoms with E-state index in [4.69, 9.17) is 19.9 Å². The van der Waals surface area contributed by atoms with E-state index in [2.05, 4.69) is 4.99 Å². The third-order valence-corrected chi connectivity index (χ3v) is 2.32. The zero-order chi connectivity index (χ0) is 17.7. The van der Waals surface area contributed by atoms with E-state index < -0.39 is 17.4 Å². The van der Waals surface area contributed by atoms with Gasteiger partial charge in [0.2, 0.25) is 0 Å². The van der Waals surface area contributed by atoms with Crippen molar-refractivity contribution in [2.24, 2.45) is 4.99 Å². The highest BCUT2D eigenvalue weighted by Gasteiger charge is 2.23. The Kier molecular flexibility index (Phi) is 6.01. The summed E-state index contributed by atoms with van der Waals surface area (Å²) in [6.45, 7) is 11.1. The fraction of sp³-hybridized carbons (Fsp3) is 0.529. The summed E-state index contributed by atoms with van der Waals surface area (Å²) in [6, 6.07) is 7.26. The highest BCUT2D eigenvalue weighted by molar-refractivity contribution is 5.80. The number of anilines is 1. The van der Waals surface area contributed by atoms with Gasteiger partial charge in [-0.05, 0) is 59.2 Å². The zero-order valence-corrected chi connectivity index (χ0v) is 14.7. The fourth-order valence-corrected chi connectivity index (χ4v) is 1.47. The Morgan fingerprint density at radius 2 is 1.52 bits per heavy atom. The second-order valence-corrected chi connectivity index (χ2v) is 7.10. The molecule has 0 saturated heterocycles. The quantitative estimate of drug-likeness (QED) is 0.386. The van der Waals surface area contributed by atoms with Crippen LogP contribution in [0.1, 0.15) is 47.1 Å². The standard InChI is InChI=1S/C17H26N2O4/c1-16(2,3)22-14(21-15(20)23-17(4,5)6)19-11-12-7-9-13(18)10-8-12/h7-10H,11,18H2,1-6H3/b19-14-. The number of aliphatic imine (C=N–C) groups is 1. The van der Waals surface area contributed by atoms with Crippen LogP contribution in [0.4, 0.5) is 10.5 Å². The maximum atomic E-state index is 11.8. The molecule has 0 aliphatic rings. The Morgan fingerprint density at radius 1 is 1.00 bits per heavy atom. The molecule has 0 aromatic heterocycles. The van der Waals surface area contributed by atoms with Crippen molar-refractivity contribution in [2.45, 2.75) is 59.3 Å². The number of nitrogens with two attached hydrogens (primary N) is 1. The number of carbonyl (C=O) groups is 1. The summed E-state index contributed by atoms with van der Waals surface area (Å²) in [4.78, 5) is 16.0. The third-order valence-electron chi connectivity index (χ3n) is 2.32. The molecule has 0 atom stereocenters. The van der Waals surface area contributed by atoms with Gasteiger partial charge in [0.25, 0.3) is 0 Å². The van der Waals surface area contributed by atoms with E-state index in [1.807, 2.05) is 32.9 Å². The molecule has 1 aromatic carbocycles. The SMILES string of the molecule is CC(C)(C)OC(=O)O/C(=N/Cc1ccc(N)cc1)OC(C)(C)C. The smallest absolute Gasteiger partial charge is 0.445 e. The number of rotatable bonds is 2. The van der Waals surface area contributed by atoms with Crippen LogP contribution < -0.4 is 5.73 Å². The van der Waals surface area contributed by atoms with Crippen LogP contribution in [0.3, 0.4) is 0 Å². The Hall–Kier alpha value is -2.24. The summed E-state index contributed by atoms with van der Waals surface area (Å²) in [5.74, 6) is 0. The van der Waals surface area contributed by atoms with Gasteiger partial charge in [-0.15, -0.1) is 0 Å². The minimum Gasteiger partial charge on any atom is -0.445 e. The van der Waals surface area contributed by atoms with E-state index in [1.165, 1.54) is 0 Å². The van der Waals surface area contributed by atoms with Gasteiger partial charge in [-0.1, -0.05) is 12.1 Å². The van der Waals surface area contributed by atoms with Gasteiger partial charge in [0.1, 0.15) is 11.2 Å². The van der Waals surface area contributed by atoms with Crippen LogP contribution in [-0.4, -0.2) is 23.4 Å². The van der Waals surface area contributed by atoms with Crippen molar-refractivity contribution < 1.29 is 19.0 Å². The molecule has 23 heavy (non-hydrogen) atoms. The number of benzene rings is 1. The van der Waals surface area contributed by atoms with Gasteiger partial charge in [0, 0.05) is 5.69 Å². The molecule has 0 aliphatic heterocycles. The molecule has 0 spiro atoms. The van der Waals surface area contributed by atoms with E-state index in [-0.39, 0.29) is 6.08 Å². The van der Waals surface area contributed by atoms with Gasteiger partial charge in [-0.2, -0.15) is 0 Å². The highest BCUT2D eigenvalue weighted by Crippen LogP contribution is 2.13. The van der Waals surface area contributed by atoms with Gasteiger partial charge < -0.3 is 19.9 Å². The second kappa shape index (κ2) is 7.35. The van der Waals surface area contributed by atoms with Crippen LogP contribution in [0.5, 0.6) is 0 Å². The van der Waals surface area contributed by atoms with Crippen LogP contribution in [0.25, 0.3) is 0 Å². The lowest BCUT2D eigenvalue weighted by Gasteiger charge is -2.23. The topological polar surface area (TPSA) is 83.1 Å². The number of hydrogen-bond donors (Lipinski definition) is 1. The number of nitrogen functional groups attached to an aromatic ring is 1. The summed E-state index contributed by atoms with van der Waals surface area (Å²) in [6.07, 6.45) is -0.971. The van der Waals surface area contributed by atoms with Gasteiger partial charge in [0.15, 0.2) is 0 Å². The fourth-order valence-electron chi connectivity index (χ4n) is 1.47. The van der Waals surface area contributed by atoms with Crippen molar-refractivity contribution in [3.63, 3.8) is 0 Å². The van der Waals surface area contributed by atoms with Crippen LogP contribution in [0.2, 0.25) is 0 Å². The molecule has 0 bridgehead atoms. The van der Waals surface area contributed by atoms with Crippen molar-refractivity contribution in [3.05, 3.63) is 29.8 Å². The van der Waals surface area contributed by atoms with Crippen LogP contribution in [0, 0.1) is 0 Å². The van der Waals surface area contributed by atoms with Crippen molar-refractivity contribution in [1.29, 1.82) is 0 Å². The number of hydrogen-bond acceptors (Lipinski definition) is 6. The highest BCUT2D eigenvalue weighted by atomic mass is 16.8. The maximum absolute atomic E-state index is 11.8. The molecule has 0 saturated carbocycles. The molecule has 0 aliphatic carbocycles. The molecule has 0 radical (unpaired) electrons. The Labute approximate surface area is 137 Å². The largest absolute Gasteiger partial charge is 0.517 e. The molecule has 1 rings (SSSR count). The van der Waals surface area contributed by atoms with E-state index in [0.717, 1.165) is 5.56 Å². The lowest BCUT2D eigenvalue weighted by atomic mass is 10.2. The third kappa shape index (κ3) is 8.70. The average molecular weight is 322 g/mol. The molecule has 0 unspecified atom stereocenters. The molecule has 2 N–H and O–H groups in total. The predicted molar refractivity (Wildman–Crippen MR) is 90.2 cm³/mol. The summed E-state index contributed by atoms with van der Waals surface area (Å²) < 4.78 is 15.8. The van der Waals surface area contributed by atoms with E-state index in [9.17, 15) is 4.79 Å². The van der Waals surface area contributed by atoms with Crippen LogP contribution >= 0.6 is 0 Å². The van der Waals surface area contributed by atoms with Crippen molar-refractivity contribution in [3.8, 4) is 0 Å². The normalized spacial score (nSPS) is 12.7. The van der Waals surface area contributed by atoms with Crippen molar-refractivity contribution in [1.82, 2.24) is 0 Å². The van der Waals surface area contributed by atoms with Crippen molar-refractivity contribution >= 4 is 17.9 Å². The molecule has 0 amide bonds. The van der Waals surface area contributed by atoms with E-state index in [1.54, 1.807) is 32.9 Å². The minimum atomic E-state index is -0.849. The van der Waals surface area contributed by atoms with Gasteiger partial charge in [-0.3, -0.25) is 0 Å². The summed E-state index contributed by atoms with van der Waals surface area (Å²) in [5.41, 5.74) is 6.03. The molecule has 128 valence electrons. The molecule has 1 aromatic rings. The molecular weight excluding hydrogens is 296 g/mol. The van der Waals surface area contributed by atoms with Crippen molar-refractivity contribution in [2.75, 3.05) is 5.73 Å². The first-order valence-corrected chi connectivity index (χ1v) is 7.43. The zero-order valence-electron chi connectivity index (χ0n) is 14.7. The van der Waals surface area contributed by atoms with Gasteiger partial charge >= 0.3 is 12.2 Å². The molecular formula is C17H26N2O4. The predicted octanol–water partition coefficient (Wildman–Crippen LogP) is 3.89. The van der Waals surface area contributed by atoms with E-state index in [0.29, 0.717) is 12.2 Å². The Morgan fingerprint density at radius 3 is 2.00 bits per heavy atom. The number of carbonyl (C=O) groups excluding carboxylic acids is 1. The number of nitrogens with zero attached hydrogens (tertiary/aromatic N) is 1. The lowest BCUT2D eigenvalue weighted by molar-refractivity contribution is -0.00128. The molecule has 0 heterocycles. The first kappa shape index (κ1) is 18.8. The van der Waals surface area contributed by atoms with Gasteiger partial charge in [-0.25, -0.2) is 9.79 Å². The summed E-state index contributed by atoms with van der Waals surface area (Å²) >= 11 is 0. The number of ether oxygens (including phenoxy) is 3. The summed E-state index contributed by atoms with van der Waals surface area (Å²) in [5, 5.41) is 0. The molecule has 0 fully saturated rings. The second-order valence-electron chi connectivity index (χ2n) is 7.10. The molecule has 6 heteroatoms.